The van der Waals surface area contributed by atoms with Crippen LogP contribution in [0, 0.1) is 0 Å². The molecule has 0 saturated carbocycles. The van der Waals surface area contributed by atoms with Gasteiger partial charge in [0.25, 0.3) is 5.91 Å². The monoisotopic (exact) mass is 429 g/mol. The van der Waals surface area contributed by atoms with Crippen molar-refractivity contribution in [2.75, 3.05) is 11.6 Å². The van der Waals surface area contributed by atoms with Crippen molar-refractivity contribution < 1.29 is 4.79 Å². The summed E-state index contributed by atoms with van der Waals surface area (Å²) >= 11 is 8.10. The molecule has 0 aliphatic heterocycles. The standard InChI is InChI=1S/C26H20ClNOS/c1-30-23-9-5-8-22(17-23)28-26(29)21-14-15-25(27)24(16-21)20-12-10-19(11-13-20)18-6-3-2-4-7-18/h2-17H,1H3,(H,28,29). The zero-order valence-electron chi connectivity index (χ0n) is 16.4. The molecule has 148 valence electrons. The molecule has 4 heteroatoms. The molecule has 0 unspecified atom stereocenters. The van der Waals surface area contributed by atoms with Gasteiger partial charge in [0.15, 0.2) is 0 Å². The summed E-state index contributed by atoms with van der Waals surface area (Å²) in [4.78, 5) is 13.9. The maximum absolute atomic E-state index is 12.8. The molecule has 2 nitrogen and oxygen atoms in total. The number of amides is 1. The normalized spacial score (nSPS) is 10.6. The molecule has 0 aliphatic carbocycles. The number of halogens is 1. The molecular weight excluding hydrogens is 410 g/mol. The summed E-state index contributed by atoms with van der Waals surface area (Å²) in [5.41, 5.74) is 5.45. The van der Waals surface area contributed by atoms with Gasteiger partial charge in [-0.05, 0) is 59.3 Å². The van der Waals surface area contributed by atoms with E-state index in [9.17, 15) is 4.79 Å². The fraction of sp³-hybridized carbons (Fsp3) is 0.0385. The highest BCUT2D eigenvalue weighted by molar-refractivity contribution is 7.98. The SMILES string of the molecule is CSc1cccc(NC(=O)c2ccc(Cl)c(-c3ccc(-c4ccccc4)cc3)c2)c1. The molecule has 0 saturated heterocycles. The molecule has 0 aliphatic rings. The second-order valence-electron chi connectivity index (χ2n) is 6.82. The van der Waals surface area contributed by atoms with Crippen LogP contribution in [0.2, 0.25) is 5.02 Å². The van der Waals surface area contributed by atoms with Gasteiger partial charge in [0, 0.05) is 26.7 Å². The molecule has 0 spiro atoms. The molecule has 0 aromatic heterocycles. The smallest absolute Gasteiger partial charge is 0.255 e. The van der Waals surface area contributed by atoms with E-state index in [1.54, 1.807) is 23.9 Å². The van der Waals surface area contributed by atoms with Gasteiger partial charge in [0.2, 0.25) is 0 Å². The second kappa shape index (κ2) is 9.21. The first-order valence-corrected chi connectivity index (χ1v) is 11.1. The van der Waals surface area contributed by atoms with Crippen molar-refractivity contribution in [3.05, 3.63) is 108 Å². The lowest BCUT2D eigenvalue weighted by atomic mass is 9.99. The van der Waals surface area contributed by atoms with Crippen molar-refractivity contribution in [3.63, 3.8) is 0 Å². The van der Waals surface area contributed by atoms with Gasteiger partial charge in [0.05, 0.1) is 0 Å². The number of thioether (sulfide) groups is 1. The average molecular weight is 430 g/mol. The number of hydrogen-bond donors (Lipinski definition) is 1. The zero-order valence-corrected chi connectivity index (χ0v) is 18.0. The first kappa shape index (κ1) is 20.3. The third-order valence-corrected chi connectivity index (χ3v) is 5.91. The quantitative estimate of drug-likeness (QED) is 0.330. The van der Waals surface area contributed by atoms with Crippen LogP contribution >= 0.6 is 23.4 Å². The van der Waals surface area contributed by atoms with Gasteiger partial charge in [-0.2, -0.15) is 0 Å². The molecule has 0 bridgehead atoms. The minimum absolute atomic E-state index is 0.160. The lowest BCUT2D eigenvalue weighted by Crippen LogP contribution is -2.12. The highest BCUT2D eigenvalue weighted by atomic mass is 35.5. The Morgan fingerprint density at radius 2 is 1.47 bits per heavy atom. The Kier molecular flexibility index (Phi) is 6.22. The van der Waals surface area contributed by atoms with Gasteiger partial charge in [-0.3, -0.25) is 4.79 Å². The van der Waals surface area contributed by atoms with E-state index in [0.29, 0.717) is 10.6 Å². The fourth-order valence-electron chi connectivity index (χ4n) is 3.26. The van der Waals surface area contributed by atoms with E-state index in [1.165, 1.54) is 0 Å². The van der Waals surface area contributed by atoms with Crippen LogP contribution in [-0.4, -0.2) is 12.2 Å². The van der Waals surface area contributed by atoms with E-state index in [1.807, 2.05) is 66.9 Å². The van der Waals surface area contributed by atoms with E-state index < -0.39 is 0 Å². The number of benzene rings is 4. The Bertz CT molecular complexity index is 1170. The highest BCUT2D eigenvalue weighted by Crippen LogP contribution is 2.31. The van der Waals surface area contributed by atoms with Crippen LogP contribution in [0.25, 0.3) is 22.3 Å². The van der Waals surface area contributed by atoms with Crippen LogP contribution in [0.3, 0.4) is 0 Å². The van der Waals surface area contributed by atoms with Crippen molar-refractivity contribution in [2.45, 2.75) is 4.90 Å². The largest absolute Gasteiger partial charge is 0.322 e. The molecule has 4 aromatic carbocycles. The van der Waals surface area contributed by atoms with Crippen LogP contribution in [0.15, 0.2) is 102 Å². The predicted molar refractivity (Wildman–Crippen MR) is 129 cm³/mol. The minimum Gasteiger partial charge on any atom is -0.322 e. The molecule has 4 rings (SSSR count). The third kappa shape index (κ3) is 4.59. The molecule has 30 heavy (non-hydrogen) atoms. The third-order valence-electron chi connectivity index (χ3n) is 4.86. The Morgan fingerprint density at radius 3 is 2.20 bits per heavy atom. The van der Waals surface area contributed by atoms with Gasteiger partial charge in [-0.1, -0.05) is 72.3 Å². The second-order valence-corrected chi connectivity index (χ2v) is 8.11. The van der Waals surface area contributed by atoms with E-state index in [2.05, 4.69) is 29.6 Å². The number of hydrogen-bond acceptors (Lipinski definition) is 2. The van der Waals surface area contributed by atoms with E-state index in [-0.39, 0.29) is 5.91 Å². The Morgan fingerprint density at radius 1 is 0.767 bits per heavy atom. The number of nitrogens with one attached hydrogen (secondary N) is 1. The van der Waals surface area contributed by atoms with E-state index >= 15 is 0 Å². The summed E-state index contributed by atoms with van der Waals surface area (Å²) < 4.78 is 0. The van der Waals surface area contributed by atoms with Crippen LogP contribution in [0.4, 0.5) is 5.69 Å². The van der Waals surface area contributed by atoms with Crippen molar-refractivity contribution in [1.29, 1.82) is 0 Å². The van der Waals surface area contributed by atoms with E-state index in [4.69, 9.17) is 11.6 Å². The van der Waals surface area contributed by atoms with Crippen LogP contribution < -0.4 is 5.32 Å². The summed E-state index contributed by atoms with van der Waals surface area (Å²) in [6.07, 6.45) is 2.01. The summed E-state index contributed by atoms with van der Waals surface area (Å²) in [5.74, 6) is -0.160. The lowest BCUT2D eigenvalue weighted by molar-refractivity contribution is 0.102. The Hall–Kier alpha value is -3.01. The first-order chi connectivity index (χ1) is 14.6. The number of anilines is 1. The lowest BCUT2D eigenvalue weighted by Gasteiger charge is -2.10. The van der Waals surface area contributed by atoms with Gasteiger partial charge < -0.3 is 5.32 Å². The van der Waals surface area contributed by atoms with Crippen LogP contribution in [0.5, 0.6) is 0 Å². The molecular formula is C26H20ClNOS. The summed E-state index contributed by atoms with van der Waals surface area (Å²) in [7, 11) is 0. The summed E-state index contributed by atoms with van der Waals surface area (Å²) in [6.45, 7) is 0. The number of rotatable bonds is 5. The average Bonchev–Trinajstić information content (AvgIpc) is 2.80. The molecule has 0 radical (unpaired) electrons. The van der Waals surface area contributed by atoms with Crippen molar-refractivity contribution in [3.8, 4) is 22.3 Å². The van der Waals surface area contributed by atoms with Gasteiger partial charge in [-0.25, -0.2) is 0 Å². The minimum atomic E-state index is -0.160. The van der Waals surface area contributed by atoms with Crippen LogP contribution in [-0.2, 0) is 0 Å². The Balaban J connectivity index is 1.59. The fourth-order valence-corrected chi connectivity index (χ4v) is 3.95. The van der Waals surface area contributed by atoms with Gasteiger partial charge >= 0.3 is 0 Å². The zero-order chi connectivity index (χ0) is 20.9. The molecule has 1 amide bonds. The predicted octanol–water partition coefficient (Wildman–Crippen LogP) is 7.65. The summed E-state index contributed by atoms with van der Waals surface area (Å²) in [6, 6.07) is 31.6. The van der Waals surface area contributed by atoms with Crippen molar-refractivity contribution in [2.24, 2.45) is 0 Å². The van der Waals surface area contributed by atoms with Gasteiger partial charge in [-0.15, -0.1) is 11.8 Å². The topological polar surface area (TPSA) is 29.1 Å². The van der Waals surface area contributed by atoms with Crippen molar-refractivity contribution in [1.82, 2.24) is 0 Å². The number of carbonyl (C=O) groups excluding carboxylic acids is 1. The Labute approximate surface area is 185 Å². The molecule has 4 aromatic rings. The maximum Gasteiger partial charge on any atom is 0.255 e. The molecule has 1 N–H and O–H groups in total. The molecule has 0 fully saturated rings. The highest BCUT2D eigenvalue weighted by Gasteiger charge is 2.11. The van der Waals surface area contributed by atoms with Crippen molar-refractivity contribution >= 4 is 35.0 Å². The maximum atomic E-state index is 12.8. The van der Waals surface area contributed by atoms with Gasteiger partial charge in [0.1, 0.15) is 0 Å². The van der Waals surface area contributed by atoms with E-state index in [0.717, 1.165) is 32.8 Å². The van der Waals surface area contributed by atoms with Crippen LogP contribution in [0.1, 0.15) is 10.4 Å². The number of carbonyl (C=O) groups is 1. The molecule has 0 heterocycles. The first-order valence-electron chi connectivity index (χ1n) is 9.55. The summed E-state index contributed by atoms with van der Waals surface area (Å²) in [5, 5.41) is 3.58. The molecule has 0 atom stereocenters.